The molecule has 4 nitrogen and oxygen atoms in total. The summed E-state index contributed by atoms with van der Waals surface area (Å²) in [5, 5.41) is 18.4. The number of hydrogen-bond acceptors (Lipinski definition) is 4. The molecule has 1 aromatic heterocycles. The van der Waals surface area contributed by atoms with Crippen LogP contribution >= 0.6 is 11.8 Å². The van der Waals surface area contributed by atoms with E-state index in [4.69, 9.17) is 10.4 Å². The van der Waals surface area contributed by atoms with Gasteiger partial charge in [-0.3, -0.25) is 0 Å². The van der Waals surface area contributed by atoms with Gasteiger partial charge in [0.25, 0.3) is 0 Å². The zero-order valence-electron chi connectivity index (χ0n) is 10.8. The minimum Gasteiger partial charge on any atom is -0.478 e. The fourth-order valence-electron chi connectivity index (χ4n) is 1.74. The Bertz CT molecular complexity index is 693. The average molecular weight is 284 g/mol. The Kier molecular flexibility index (Phi) is 4.38. The molecule has 2 rings (SSSR count). The number of thioether (sulfide) groups is 1. The molecule has 0 saturated heterocycles. The largest absolute Gasteiger partial charge is 0.478 e. The molecule has 0 spiro atoms. The molecule has 1 N–H and O–H groups in total. The van der Waals surface area contributed by atoms with Crippen molar-refractivity contribution >= 4 is 17.7 Å². The molecule has 0 bridgehead atoms. The van der Waals surface area contributed by atoms with Gasteiger partial charge >= 0.3 is 5.97 Å². The number of nitrogens with zero attached hydrogens (tertiary/aromatic N) is 2. The lowest BCUT2D eigenvalue weighted by Gasteiger charge is -2.07. The van der Waals surface area contributed by atoms with Crippen molar-refractivity contribution in [3.05, 3.63) is 58.8 Å². The molecular formula is C15H12N2O2S. The van der Waals surface area contributed by atoms with Crippen molar-refractivity contribution in [2.24, 2.45) is 0 Å². The molecule has 0 aliphatic carbocycles. The Morgan fingerprint density at radius 3 is 2.90 bits per heavy atom. The summed E-state index contributed by atoms with van der Waals surface area (Å²) in [7, 11) is 0. The molecule has 0 radical (unpaired) electrons. The van der Waals surface area contributed by atoms with Crippen LogP contribution in [0, 0.1) is 18.3 Å². The molecule has 0 unspecified atom stereocenters. The Morgan fingerprint density at radius 1 is 1.45 bits per heavy atom. The van der Waals surface area contributed by atoms with Gasteiger partial charge in [-0.2, -0.15) is 5.26 Å². The van der Waals surface area contributed by atoms with Gasteiger partial charge in [-0.1, -0.05) is 6.07 Å². The monoisotopic (exact) mass is 284 g/mol. The zero-order chi connectivity index (χ0) is 14.5. The summed E-state index contributed by atoms with van der Waals surface area (Å²) in [6, 6.07) is 10.7. The fourth-order valence-corrected chi connectivity index (χ4v) is 2.80. The maximum atomic E-state index is 11.1. The molecule has 100 valence electrons. The third kappa shape index (κ3) is 3.16. The first-order valence-corrected chi connectivity index (χ1v) is 6.91. The standard InChI is InChI=1S/C15H12N2O2S/c1-10-7-11(8-16)4-5-12(10)9-20-14-13(15(18)19)3-2-6-17-14/h2-7H,9H2,1H3,(H,18,19). The van der Waals surface area contributed by atoms with Crippen molar-refractivity contribution in [2.75, 3.05) is 0 Å². The van der Waals surface area contributed by atoms with Crippen molar-refractivity contribution in [3.8, 4) is 6.07 Å². The molecule has 1 aromatic carbocycles. The Balaban J connectivity index is 2.18. The van der Waals surface area contributed by atoms with E-state index in [2.05, 4.69) is 11.1 Å². The van der Waals surface area contributed by atoms with Crippen molar-refractivity contribution in [1.82, 2.24) is 4.98 Å². The van der Waals surface area contributed by atoms with Gasteiger partial charge in [-0.15, -0.1) is 11.8 Å². The smallest absolute Gasteiger partial charge is 0.338 e. The van der Waals surface area contributed by atoms with Crippen LogP contribution in [-0.4, -0.2) is 16.1 Å². The zero-order valence-corrected chi connectivity index (χ0v) is 11.6. The lowest BCUT2D eigenvalue weighted by atomic mass is 10.1. The Hall–Kier alpha value is -2.32. The van der Waals surface area contributed by atoms with Crippen LogP contribution in [0.4, 0.5) is 0 Å². The molecular weight excluding hydrogens is 272 g/mol. The minimum absolute atomic E-state index is 0.212. The highest BCUT2D eigenvalue weighted by Gasteiger charge is 2.11. The van der Waals surface area contributed by atoms with Gasteiger partial charge in [-0.25, -0.2) is 9.78 Å². The summed E-state index contributed by atoms with van der Waals surface area (Å²) in [5.74, 6) is -0.355. The predicted molar refractivity (Wildman–Crippen MR) is 76.7 cm³/mol. The van der Waals surface area contributed by atoms with Crippen LogP contribution in [0.3, 0.4) is 0 Å². The van der Waals surface area contributed by atoms with Crippen LogP contribution in [0.2, 0.25) is 0 Å². The lowest BCUT2D eigenvalue weighted by Crippen LogP contribution is -2.00. The third-order valence-electron chi connectivity index (χ3n) is 2.84. The van der Waals surface area contributed by atoms with E-state index < -0.39 is 5.97 Å². The van der Waals surface area contributed by atoms with Crippen molar-refractivity contribution in [3.63, 3.8) is 0 Å². The van der Waals surface area contributed by atoms with E-state index >= 15 is 0 Å². The molecule has 20 heavy (non-hydrogen) atoms. The summed E-state index contributed by atoms with van der Waals surface area (Å²) in [6.07, 6.45) is 1.58. The fraction of sp³-hybridized carbons (Fsp3) is 0.133. The number of benzene rings is 1. The van der Waals surface area contributed by atoms with E-state index in [0.29, 0.717) is 16.3 Å². The molecule has 0 aliphatic rings. The van der Waals surface area contributed by atoms with Crippen LogP contribution in [0.25, 0.3) is 0 Å². The van der Waals surface area contributed by atoms with E-state index in [1.807, 2.05) is 19.1 Å². The minimum atomic E-state index is -0.975. The van der Waals surface area contributed by atoms with Crippen LogP contribution in [0.5, 0.6) is 0 Å². The maximum Gasteiger partial charge on any atom is 0.338 e. The van der Waals surface area contributed by atoms with Gasteiger partial charge in [0.05, 0.1) is 17.2 Å². The number of rotatable bonds is 4. The van der Waals surface area contributed by atoms with Crippen LogP contribution in [-0.2, 0) is 5.75 Å². The van der Waals surface area contributed by atoms with Gasteiger partial charge in [-0.05, 0) is 42.3 Å². The van der Waals surface area contributed by atoms with Gasteiger partial charge in [0, 0.05) is 11.9 Å². The van der Waals surface area contributed by atoms with E-state index in [1.54, 1.807) is 24.4 Å². The van der Waals surface area contributed by atoms with Crippen molar-refractivity contribution < 1.29 is 9.90 Å². The third-order valence-corrected chi connectivity index (χ3v) is 3.89. The highest BCUT2D eigenvalue weighted by atomic mass is 32.2. The molecule has 0 amide bonds. The average Bonchev–Trinajstić information content (AvgIpc) is 2.46. The van der Waals surface area contributed by atoms with Crippen LogP contribution < -0.4 is 0 Å². The topological polar surface area (TPSA) is 74.0 Å². The highest BCUT2D eigenvalue weighted by Crippen LogP contribution is 2.25. The normalized spacial score (nSPS) is 10.0. The molecule has 0 saturated carbocycles. The van der Waals surface area contributed by atoms with Crippen molar-refractivity contribution in [1.29, 1.82) is 5.26 Å². The number of pyridine rings is 1. The Morgan fingerprint density at radius 2 is 2.25 bits per heavy atom. The van der Waals surface area contributed by atoms with Gasteiger partial charge in [0.15, 0.2) is 0 Å². The summed E-state index contributed by atoms with van der Waals surface area (Å²) < 4.78 is 0. The van der Waals surface area contributed by atoms with Crippen molar-refractivity contribution in [2.45, 2.75) is 17.7 Å². The Labute approximate surface area is 121 Å². The predicted octanol–water partition coefficient (Wildman–Crippen LogP) is 3.25. The summed E-state index contributed by atoms with van der Waals surface area (Å²) in [6.45, 7) is 1.94. The first-order chi connectivity index (χ1) is 9.61. The first-order valence-electron chi connectivity index (χ1n) is 5.92. The summed E-state index contributed by atoms with van der Waals surface area (Å²) >= 11 is 1.38. The SMILES string of the molecule is Cc1cc(C#N)ccc1CSc1ncccc1C(=O)O. The number of nitriles is 1. The molecule has 0 fully saturated rings. The highest BCUT2D eigenvalue weighted by molar-refractivity contribution is 7.98. The molecule has 1 heterocycles. The second-order valence-corrected chi connectivity index (χ2v) is 5.17. The molecule has 5 heteroatoms. The molecule has 2 aromatic rings. The number of carboxylic acids is 1. The van der Waals surface area contributed by atoms with E-state index in [9.17, 15) is 4.79 Å². The first kappa shape index (κ1) is 14.1. The van der Waals surface area contributed by atoms with Gasteiger partial charge < -0.3 is 5.11 Å². The quantitative estimate of drug-likeness (QED) is 0.872. The maximum absolute atomic E-state index is 11.1. The van der Waals surface area contributed by atoms with Crippen LogP contribution in [0.1, 0.15) is 27.0 Å². The second kappa shape index (κ2) is 6.22. The number of carboxylic acid groups (broad SMARTS) is 1. The molecule has 0 atom stereocenters. The summed E-state index contributed by atoms with van der Waals surface area (Å²) in [4.78, 5) is 15.2. The second-order valence-electron chi connectivity index (χ2n) is 4.20. The van der Waals surface area contributed by atoms with E-state index in [0.717, 1.165) is 11.1 Å². The number of aryl methyl sites for hydroxylation is 1. The van der Waals surface area contributed by atoms with Gasteiger partial charge in [0.2, 0.25) is 0 Å². The van der Waals surface area contributed by atoms with E-state index in [1.165, 1.54) is 11.8 Å². The number of aromatic carboxylic acids is 1. The van der Waals surface area contributed by atoms with E-state index in [-0.39, 0.29) is 5.56 Å². The summed E-state index contributed by atoms with van der Waals surface area (Å²) in [5.41, 5.74) is 2.92. The number of aromatic nitrogens is 1. The van der Waals surface area contributed by atoms with Crippen LogP contribution in [0.15, 0.2) is 41.6 Å². The molecule has 0 aliphatic heterocycles. The number of hydrogen-bond donors (Lipinski definition) is 1. The lowest BCUT2D eigenvalue weighted by molar-refractivity contribution is 0.0692. The number of carbonyl (C=O) groups is 1. The van der Waals surface area contributed by atoms with Gasteiger partial charge in [0.1, 0.15) is 5.03 Å².